The molecule has 0 bridgehead atoms. The summed E-state index contributed by atoms with van der Waals surface area (Å²) in [6.45, 7) is 1.92. The molecule has 1 N–H and O–H groups in total. The molecule has 3 nitrogen and oxygen atoms in total. The Balaban J connectivity index is 2.49. The van der Waals surface area contributed by atoms with E-state index in [4.69, 9.17) is 0 Å². The van der Waals surface area contributed by atoms with E-state index in [1.54, 1.807) is 12.2 Å². The van der Waals surface area contributed by atoms with Crippen LogP contribution in [0.1, 0.15) is 24.6 Å². The molecule has 98 valence electrons. The third kappa shape index (κ3) is 4.99. The summed E-state index contributed by atoms with van der Waals surface area (Å²) < 4.78 is 36.7. The van der Waals surface area contributed by atoms with Crippen LogP contribution in [0.4, 0.5) is 13.2 Å². The number of nitrogens with one attached hydrogen (secondary N) is 1. The fourth-order valence-electron chi connectivity index (χ4n) is 1.22. The number of hydrogen-bond acceptors (Lipinski definition) is 2. The summed E-state index contributed by atoms with van der Waals surface area (Å²) in [6, 6.07) is 2.29. The summed E-state index contributed by atoms with van der Waals surface area (Å²) in [5.41, 5.74) is -0.316. The number of rotatable bonds is 4. The summed E-state index contributed by atoms with van der Waals surface area (Å²) in [5, 5.41) is 2.61. The molecule has 0 atom stereocenters. The van der Waals surface area contributed by atoms with Crippen molar-refractivity contribution in [2.75, 3.05) is 6.54 Å². The van der Waals surface area contributed by atoms with E-state index in [0.29, 0.717) is 18.5 Å². The van der Waals surface area contributed by atoms with Crippen LogP contribution in [0.25, 0.3) is 6.08 Å². The first-order chi connectivity index (χ1) is 8.39. The molecule has 0 saturated heterocycles. The zero-order valence-corrected chi connectivity index (χ0v) is 9.79. The minimum atomic E-state index is -4.41. The first kappa shape index (κ1) is 14.2. The number of pyridine rings is 1. The Kier molecular flexibility index (Phi) is 4.88. The highest BCUT2D eigenvalue weighted by molar-refractivity contribution is 5.72. The van der Waals surface area contributed by atoms with Crippen molar-refractivity contribution < 1.29 is 18.0 Å². The van der Waals surface area contributed by atoms with Crippen molar-refractivity contribution in [2.45, 2.75) is 19.5 Å². The SMILES string of the molecule is CC(=O)NCCC=Cc1ccc(C(F)(F)F)nc1. The molecule has 0 fully saturated rings. The van der Waals surface area contributed by atoms with Crippen molar-refractivity contribution in [3.8, 4) is 0 Å². The van der Waals surface area contributed by atoms with E-state index < -0.39 is 11.9 Å². The van der Waals surface area contributed by atoms with Gasteiger partial charge in [0.2, 0.25) is 5.91 Å². The zero-order valence-electron chi connectivity index (χ0n) is 9.79. The number of carbonyl (C=O) groups excluding carboxylic acids is 1. The number of carbonyl (C=O) groups is 1. The van der Waals surface area contributed by atoms with Gasteiger partial charge in [0, 0.05) is 19.7 Å². The van der Waals surface area contributed by atoms with Crippen molar-refractivity contribution in [3.63, 3.8) is 0 Å². The highest BCUT2D eigenvalue weighted by Crippen LogP contribution is 2.27. The molecule has 0 spiro atoms. The Hall–Kier alpha value is -1.85. The Labute approximate surface area is 103 Å². The molecule has 1 rings (SSSR count). The van der Waals surface area contributed by atoms with E-state index >= 15 is 0 Å². The van der Waals surface area contributed by atoms with Gasteiger partial charge in [-0.05, 0) is 18.1 Å². The normalized spacial score (nSPS) is 11.8. The maximum Gasteiger partial charge on any atom is 0.433 e. The summed E-state index contributed by atoms with van der Waals surface area (Å²) in [6.07, 6.45) is 0.793. The Morgan fingerprint density at radius 1 is 1.44 bits per heavy atom. The Bertz CT molecular complexity index is 424. The lowest BCUT2D eigenvalue weighted by Crippen LogP contribution is -2.20. The number of amides is 1. The molecule has 0 aliphatic carbocycles. The second-order valence-corrected chi connectivity index (χ2v) is 3.65. The molecule has 0 radical (unpaired) electrons. The van der Waals surface area contributed by atoms with Crippen LogP contribution < -0.4 is 5.32 Å². The molecule has 0 aromatic carbocycles. The monoisotopic (exact) mass is 258 g/mol. The number of alkyl halides is 3. The summed E-state index contributed by atoms with van der Waals surface area (Å²) in [4.78, 5) is 13.9. The Morgan fingerprint density at radius 2 is 2.17 bits per heavy atom. The van der Waals surface area contributed by atoms with E-state index in [-0.39, 0.29) is 5.91 Å². The van der Waals surface area contributed by atoms with Gasteiger partial charge in [-0.15, -0.1) is 0 Å². The lowest BCUT2D eigenvalue weighted by molar-refractivity contribution is -0.141. The van der Waals surface area contributed by atoms with Crippen LogP contribution in [0.15, 0.2) is 24.4 Å². The van der Waals surface area contributed by atoms with E-state index in [2.05, 4.69) is 10.3 Å². The largest absolute Gasteiger partial charge is 0.433 e. The smallest absolute Gasteiger partial charge is 0.356 e. The van der Waals surface area contributed by atoms with Gasteiger partial charge in [-0.3, -0.25) is 9.78 Å². The maximum absolute atomic E-state index is 12.2. The van der Waals surface area contributed by atoms with Crippen molar-refractivity contribution in [1.29, 1.82) is 0 Å². The molecule has 1 aromatic heterocycles. The zero-order chi connectivity index (χ0) is 13.6. The highest BCUT2D eigenvalue weighted by atomic mass is 19.4. The van der Waals surface area contributed by atoms with Gasteiger partial charge in [0.1, 0.15) is 5.69 Å². The summed E-state index contributed by atoms with van der Waals surface area (Å²) in [7, 11) is 0. The molecular formula is C12H13F3N2O. The Morgan fingerprint density at radius 3 is 2.67 bits per heavy atom. The van der Waals surface area contributed by atoms with E-state index in [0.717, 1.165) is 12.3 Å². The predicted octanol–water partition coefficient (Wildman–Crippen LogP) is 2.64. The molecule has 0 aliphatic rings. The van der Waals surface area contributed by atoms with Crippen LogP contribution in [0.3, 0.4) is 0 Å². The summed E-state index contributed by atoms with van der Waals surface area (Å²) >= 11 is 0. The first-order valence-corrected chi connectivity index (χ1v) is 5.34. The van der Waals surface area contributed by atoms with Gasteiger partial charge < -0.3 is 5.32 Å². The van der Waals surface area contributed by atoms with Gasteiger partial charge in [0.25, 0.3) is 0 Å². The van der Waals surface area contributed by atoms with Crippen LogP contribution in [-0.2, 0) is 11.0 Å². The van der Waals surface area contributed by atoms with Crippen LogP contribution in [-0.4, -0.2) is 17.4 Å². The highest BCUT2D eigenvalue weighted by Gasteiger charge is 2.31. The van der Waals surface area contributed by atoms with Crippen molar-refractivity contribution in [1.82, 2.24) is 10.3 Å². The molecule has 1 aromatic rings. The standard InChI is InChI=1S/C12H13F3N2O/c1-9(18)16-7-3-2-4-10-5-6-11(17-8-10)12(13,14)15/h2,4-6,8H,3,7H2,1H3,(H,16,18). The topological polar surface area (TPSA) is 42.0 Å². The van der Waals surface area contributed by atoms with E-state index in [1.807, 2.05) is 0 Å². The average Bonchev–Trinajstić information content (AvgIpc) is 2.27. The van der Waals surface area contributed by atoms with Gasteiger partial charge in [-0.25, -0.2) is 0 Å². The van der Waals surface area contributed by atoms with Gasteiger partial charge >= 0.3 is 6.18 Å². The van der Waals surface area contributed by atoms with Crippen molar-refractivity contribution >= 4 is 12.0 Å². The van der Waals surface area contributed by atoms with Gasteiger partial charge in [-0.1, -0.05) is 18.2 Å². The molecule has 0 saturated carbocycles. The van der Waals surface area contributed by atoms with Crippen LogP contribution in [0.5, 0.6) is 0 Å². The van der Waals surface area contributed by atoms with Crippen molar-refractivity contribution in [3.05, 3.63) is 35.7 Å². The number of hydrogen-bond donors (Lipinski definition) is 1. The third-order valence-electron chi connectivity index (χ3n) is 2.07. The number of nitrogens with zero attached hydrogens (tertiary/aromatic N) is 1. The molecule has 6 heteroatoms. The quantitative estimate of drug-likeness (QED) is 0.843. The van der Waals surface area contributed by atoms with Gasteiger partial charge in [0.15, 0.2) is 0 Å². The third-order valence-corrected chi connectivity index (χ3v) is 2.07. The second kappa shape index (κ2) is 6.18. The van der Waals surface area contributed by atoms with Crippen molar-refractivity contribution in [2.24, 2.45) is 0 Å². The summed E-state index contributed by atoms with van der Waals surface area (Å²) in [5.74, 6) is -0.111. The van der Waals surface area contributed by atoms with E-state index in [9.17, 15) is 18.0 Å². The molecule has 1 heterocycles. The van der Waals surface area contributed by atoms with E-state index in [1.165, 1.54) is 13.0 Å². The lowest BCUT2D eigenvalue weighted by Gasteiger charge is -2.04. The number of aromatic nitrogens is 1. The van der Waals surface area contributed by atoms with Crippen LogP contribution in [0, 0.1) is 0 Å². The number of halogens is 3. The lowest BCUT2D eigenvalue weighted by atomic mass is 10.2. The fraction of sp³-hybridized carbons (Fsp3) is 0.333. The van der Waals surface area contributed by atoms with Crippen LogP contribution in [0.2, 0.25) is 0 Å². The first-order valence-electron chi connectivity index (χ1n) is 5.34. The molecule has 1 amide bonds. The second-order valence-electron chi connectivity index (χ2n) is 3.65. The molecule has 0 aliphatic heterocycles. The minimum Gasteiger partial charge on any atom is -0.356 e. The van der Waals surface area contributed by atoms with Gasteiger partial charge in [-0.2, -0.15) is 13.2 Å². The molecular weight excluding hydrogens is 245 g/mol. The average molecular weight is 258 g/mol. The molecule has 18 heavy (non-hydrogen) atoms. The van der Waals surface area contributed by atoms with Gasteiger partial charge in [0.05, 0.1) is 0 Å². The molecule has 0 unspecified atom stereocenters. The van der Waals surface area contributed by atoms with Crippen LogP contribution >= 0.6 is 0 Å². The predicted molar refractivity (Wildman–Crippen MR) is 61.6 cm³/mol. The fourth-order valence-corrected chi connectivity index (χ4v) is 1.22. The minimum absolute atomic E-state index is 0.111. The maximum atomic E-state index is 12.2.